The van der Waals surface area contributed by atoms with Gasteiger partial charge in [-0.05, 0) is 42.8 Å². The summed E-state index contributed by atoms with van der Waals surface area (Å²) in [5.74, 6) is 0.367. The largest absolute Gasteiger partial charge is 0.480 e. The van der Waals surface area contributed by atoms with E-state index < -0.39 is 11.7 Å². The fourth-order valence-corrected chi connectivity index (χ4v) is 1.56. The summed E-state index contributed by atoms with van der Waals surface area (Å²) in [5.41, 5.74) is -0.000923. The number of nitrogens with zero attached hydrogens (tertiary/aromatic N) is 2. The summed E-state index contributed by atoms with van der Waals surface area (Å²) < 4.78 is 11.2. The van der Waals surface area contributed by atoms with Crippen molar-refractivity contribution in [1.29, 1.82) is 0 Å². The minimum absolute atomic E-state index is 0.367. The van der Waals surface area contributed by atoms with E-state index in [-0.39, 0.29) is 0 Å². The summed E-state index contributed by atoms with van der Waals surface area (Å²) >= 11 is 3.31. The molecule has 0 saturated carbocycles. The summed E-state index contributed by atoms with van der Waals surface area (Å²) in [5, 5.41) is 0. The zero-order chi connectivity index (χ0) is 13.9. The Kier molecular flexibility index (Phi) is 4.56. The topological polar surface area (TPSA) is 51.7 Å². The van der Waals surface area contributed by atoms with Crippen LogP contribution in [0.15, 0.2) is 16.7 Å². The second-order valence-electron chi connectivity index (χ2n) is 4.72. The normalized spacial score (nSPS) is 11.0. The van der Waals surface area contributed by atoms with Crippen molar-refractivity contribution >= 4 is 27.7 Å². The lowest BCUT2D eigenvalue weighted by molar-refractivity contribution is 0.0588. The van der Waals surface area contributed by atoms with Gasteiger partial charge in [0.1, 0.15) is 11.3 Å². The summed E-state index contributed by atoms with van der Waals surface area (Å²) in [6, 6.07) is 1.75. The van der Waals surface area contributed by atoms with Crippen LogP contribution in [0.4, 0.5) is 10.5 Å². The molecule has 18 heavy (non-hydrogen) atoms. The number of hydrogen-bond donors (Lipinski definition) is 0. The lowest BCUT2D eigenvalue weighted by Gasteiger charge is -2.25. The van der Waals surface area contributed by atoms with Gasteiger partial charge in [-0.1, -0.05) is 0 Å². The summed E-state index contributed by atoms with van der Waals surface area (Å²) in [6.07, 6.45) is 1.14. The van der Waals surface area contributed by atoms with Crippen LogP contribution in [0.3, 0.4) is 0 Å². The van der Waals surface area contributed by atoms with Gasteiger partial charge in [0.25, 0.3) is 0 Å². The lowest BCUT2D eigenvalue weighted by Crippen LogP contribution is -2.34. The number of anilines is 1. The van der Waals surface area contributed by atoms with E-state index in [0.717, 1.165) is 4.47 Å². The molecule has 100 valence electrons. The number of carbonyl (C=O) groups is 1. The number of rotatable bonds is 2. The lowest BCUT2D eigenvalue weighted by atomic mass is 10.2. The maximum Gasteiger partial charge on any atom is 0.414 e. The maximum atomic E-state index is 11.9. The molecule has 0 bridgehead atoms. The van der Waals surface area contributed by atoms with Crippen LogP contribution in [-0.4, -0.2) is 30.8 Å². The molecule has 0 unspecified atom stereocenters. The van der Waals surface area contributed by atoms with Gasteiger partial charge in [-0.2, -0.15) is 0 Å². The average Bonchev–Trinajstić information content (AvgIpc) is 2.25. The predicted octanol–water partition coefficient (Wildman–Crippen LogP) is 3.22. The van der Waals surface area contributed by atoms with Crippen LogP contribution in [0.5, 0.6) is 5.88 Å². The molecule has 0 aromatic carbocycles. The third-order valence-electron chi connectivity index (χ3n) is 2.02. The van der Waals surface area contributed by atoms with Crippen LogP contribution >= 0.6 is 15.9 Å². The van der Waals surface area contributed by atoms with Gasteiger partial charge >= 0.3 is 6.09 Å². The van der Waals surface area contributed by atoms with Crippen molar-refractivity contribution in [3.05, 3.63) is 16.7 Å². The number of ether oxygens (including phenoxy) is 2. The molecule has 0 aliphatic heterocycles. The first-order chi connectivity index (χ1) is 8.24. The first-order valence-corrected chi connectivity index (χ1v) is 6.20. The number of halogens is 1. The van der Waals surface area contributed by atoms with Gasteiger partial charge in [-0.15, -0.1) is 0 Å². The molecule has 1 aromatic heterocycles. The van der Waals surface area contributed by atoms with Crippen molar-refractivity contribution in [2.75, 3.05) is 19.1 Å². The van der Waals surface area contributed by atoms with E-state index in [1.165, 1.54) is 12.0 Å². The molecule has 0 aliphatic carbocycles. The Labute approximate surface area is 115 Å². The standard InChI is InChI=1S/C12H17BrN2O3/c1-12(2,3)18-11(16)15(4)9-6-8(13)7-14-10(9)17-5/h6-7H,1-5H3. The molecule has 0 radical (unpaired) electrons. The molecule has 0 atom stereocenters. The Hall–Kier alpha value is -1.30. The van der Waals surface area contributed by atoms with Crippen molar-refractivity contribution in [2.24, 2.45) is 0 Å². The third kappa shape index (κ3) is 3.87. The van der Waals surface area contributed by atoms with E-state index in [0.29, 0.717) is 11.6 Å². The van der Waals surface area contributed by atoms with Crippen molar-refractivity contribution in [3.63, 3.8) is 0 Å². The zero-order valence-electron chi connectivity index (χ0n) is 11.2. The molecule has 5 nitrogen and oxygen atoms in total. The van der Waals surface area contributed by atoms with Crippen LogP contribution in [-0.2, 0) is 4.74 Å². The van der Waals surface area contributed by atoms with E-state index >= 15 is 0 Å². The number of methoxy groups -OCH3 is 1. The number of pyridine rings is 1. The Morgan fingerprint density at radius 2 is 2.06 bits per heavy atom. The summed E-state index contributed by atoms with van der Waals surface area (Å²) in [6.45, 7) is 5.44. The Balaban J connectivity index is 2.99. The van der Waals surface area contributed by atoms with Gasteiger partial charge < -0.3 is 9.47 Å². The van der Waals surface area contributed by atoms with E-state index in [1.54, 1.807) is 19.3 Å². The SMILES string of the molecule is COc1ncc(Br)cc1N(C)C(=O)OC(C)(C)C. The quantitative estimate of drug-likeness (QED) is 0.840. The van der Waals surface area contributed by atoms with Gasteiger partial charge in [0.15, 0.2) is 0 Å². The van der Waals surface area contributed by atoms with E-state index in [9.17, 15) is 4.79 Å². The zero-order valence-corrected chi connectivity index (χ0v) is 12.7. The average molecular weight is 317 g/mol. The third-order valence-corrected chi connectivity index (χ3v) is 2.45. The van der Waals surface area contributed by atoms with Crippen LogP contribution in [0, 0.1) is 0 Å². The first kappa shape index (κ1) is 14.8. The fraction of sp³-hybridized carbons (Fsp3) is 0.500. The second kappa shape index (κ2) is 5.56. The minimum atomic E-state index is -0.544. The minimum Gasteiger partial charge on any atom is -0.480 e. The number of aromatic nitrogens is 1. The summed E-state index contributed by atoms with van der Waals surface area (Å²) in [4.78, 5) is 17.4. The number of amides is 1. The molecular formula is C12H17BrN2O3. The van der Waals surface area contributed by atoms with Gasteiger partial charge in [0.05, 0.1) is 7.11 Å². The highest BCUT2D eigenvalue weighted by atomic mass is 79.9. The Morgan fingerprint density at radius 1 is 1.44 bits per heavy atom. The molecule has 1 heterocycles. The predicted molar refractivity (Wildman–Crippen MR) is 73.1 cm³/mol. The van der Waals surface area contributed by atoms with E-state index in [1.807, 2.05) is 20.8 Å². The smallest absolute Gasteiger partial charge is 0.414 e. The molecule has 0 spiro atoms. The Bertz CT molecular complexity index is 443. The second-order valence-corrected chi connectivity index (χ2v) is 5.64. The number of carbonyl (C=O) groups excluding carboxylic acids is 1. The van der Waals surface area contributed by atoms with Crippen molar-refractivity contribution in [1.82, 2.24) is 4.98 Å². The highest BCUT2D eigenvalue weighted by Crippen LogP contribution is 2.28. The fourth-order valence-electron chi connectivity index (χ4n) is 1.24. The molecule has 0 saturated heterocycles. The molecule has 1 aromatic rings. The molecule has 0 fully saturated rings. The molecule has 1 rings (SSSR count). The maximum absolute atomic E-state index is 11.9. The first-order valence-electron chi connectivity index (χ1n) is 5.41. The van der Waals surface area contributed by atoms with Gasteiger partial charge in [0.2, 0.25) is 5.88 Å². The molecule has 0 aliphatic rings. The van der Waals surface area contributed by atoms with Crippen LogP contribution in [0.25, 0.3) is 0 Å². The van der Waals surface area contributed by atoms with Crippen molar-refractivity contribution in [3.8, 4) is 5.88 Å². The monoisotopic (exact) mass is 316 g/mol. The van der Waals surface area contributed by atoms with Crippen LogP contribution in [0.1, 0.15) is 20.8 Å². The van der Waals surface area contributed by atoms with Crippen LogP contribution in [0.2, 0.25) is 0 Å². The van der Waals surface area contributed by atoms with E-state index in [4.69, 9.17) is 9.47 Å². The molecule has 1 amide bonds. The van der Waals surface area contributed by atoms with E-state index in [2.05, 4.69) is 20.9 Å². The van der Waals surface area contributed by atoms with Crippen LogP contribution < -0.4 is 9.64 Å². The number of hydrogen-bond acceptors (Lipinski definition) is 4. The highest BCUT2D eigenvalue weighted by molar-refractivity contribution is 9.10. The highest BCUT2D eigenvalue weighted by Gasteiger charge is 2.23. The van der Waals surface area contributed by atoms with Gasteiger partial charge in [-0.25, -0.2) is 9.78 Å². The van der Waals surface area contributed by atoms with Gasteiger partial charge in [0, 0.05) is 17.7 Å². The summed E-state index contributed by atoms with van der Waals surface area (Å²) in [7, 11) is 3.11. The Morgan fingerprint density at radius 3 is 2.56 bits per heavy atom. The molecular weight excluding hydrogens is 300 g/mol. The van der Waals surface area contributed by atoms with Crippen molar-refractivity contribution < 1.29 is 14.3 Å². The van der Waals surface area contributed by atoms with Crippen molar-refractivity contribution in [2.45, 2.75) is 26.4 Å². The van der Waals surface area contributed by atoms with Gasteiger partial charge in [-0.3, -0.25) is 4.90 Å². The molecule has 0 N–H and O–H groups in total. The molecule has 6 heteroatoms.